The Morgan fingerprint density at radius 3 is 2.71 bits per heavy atom. The molecule has 0 radical (unpaired) electrons. The first-order chi connectivity index (χ1) is 9.79. The molecule has 0 aliphatic carbocycles. The maximum atomic E-state index is 12.9. The molecule has 0 aliphatic rings. The second-order valence-electron chi connectivity index (χ2n) is 4.25. The van der Waals surface area contributed by atoms with Crippen LogP contribution in [-0.4, -0.2) is 25.7 Å². The van der Waals surface area contributed by atoms with Crippen LogP contribution in [0.5, 0.6) is 0 Å². The van der Waals surface area contributed by atoms with E-state index < -0.39 is 29.4 Å². The van der Waals surface area contributed by atoms with E-state index in [0.717, 1.165) is 6.07 Å². The summed E-state index contributed by atoms with van der Waals surface area (Å²) in [6.07, 6.45) is -4.51. The topological polar surface area (TPSA) is 88.1 Å². The minimum Gasteiger partial charge on any atom is -0.385 e. The van der Waals surface area contributed by atoms with E-state index in [1.54, 1.807) is 6.07 Å². The van der Waals surface area contributed by atoms with E-state index in [2.05, 4.69) is 5.32 Å². The molecule has 8 heteroatoms. The van der Waals surface area contributed by atoms with E-state index in [9.17, 15) is 18.0 Å². The minimum atomic E-state index is -4.69. The van der Waals surface area contributed by atoms with Crippen molar-refractivity contribution in [3.05, 3.63) is 29.3 Å². The Morgan fingerprint density at radius 1 is 1.52 bits per heavy atom. The third-order valence-electron chi connectivity index (χ3n) is 2.68. The van der Waals surface area contributed by atoms with Crippen LogP contribution in [0.1, 0.15) is 17.5 Å². The summed E-state index contributed by atoms with van der Waals surface area (Å²) in [5.74, 6) is -0.748. The highest BCUT2D eigenvalue weighted by Gasteiger charge is 2.34. The predicted molar refractivity (Wildman–Crippen MR) is 69.3 cm³/mol. The van der Waals surface area contributed by atoms with Gasteiger partial charge in [-0.05, 0) is 24.6 Å². The second kappa shape index (κ2) is 7.06. The van der Waals surface area contributed by atoms with Gasteiger partial charge in [0.05, 0.1) is 28.9 Å². The van der Waals surface area contributed by atoms with Crippen molar-refractivity contribution in [2.75, 3.05) is 19.0 Å². The number of amides is 1. The van der Waals surface area contributed by atoms with Gasteiger partial charge in [0.2, 0.25) is 5.91 Å². The van der Waals surface area contributed by atoms with E-state index in [-0.39, 0.29) is 18.6 Å². The molecule has 0 aromatic heterocycles. The van der Waals surface area contributed by atoms with Gasteiger partial charge in [-0.2, -0.15) is 18.4 Å². The molecule has 21 heavy (non-hydrogen) atoms. The van der Waals surface area contributed by atoms with Crippen LogP contribution >= 0.6 is 0 Å². The molecule has 0 heterocycles. The van der Waals surface area contributed by atoms with Gasteiger partial charge in [0.15, 0.2) is 0 Å². The number of carbonyl (C=O) groups is 1. The highest BCUT2D eigenvalue weighted by Crippen LogP contribution is 2.35. The molecular weight excluding hydrogens is 287 g/mol. The molecular formula is C13H14F3N3O2. The number of hydrogen-bond acceptors (Lipinski definition) is 4. The van der Waals surface area contributed by atoms with Crippen molar-refractivity contribution in [2.24, 2.45) is 5.73 Å². The number of nitriles is 1. The number of rotatable bonds is 5. The van der Waals surface area contributed by atoms with E-state index in [1.165, 1.54) is 13.2 Å². The molecule has 1 rings (SSSR count). The average Bonchev–Trinajstić information content (AvgIpc) is 2.43. The van der Waals surface area contributed by atoms with Crippen LogP contribution in [-0.2, 0) is 15.7 Å². The maximum absolute atomic E-state index is 12.9. The highest BCUT2D eigenvalue weighted by molar-refractivity contribution is 5.95. The number of methoxy groups -OCH3 is 1. The second-order valence-corrected chi connectivity index (χ2v) is 4.25. The number of nitrogens with zero attached hydrogens (tertiary/aromatic N) is 1. The lowest BCUT2D eigenvalue weighted by Crippen LogP contribution is -2.37. The number of nitrogens with two attached hydrogens (primary N) is 1. The number of carbonyl (C=O) groups excluding carboxylic acids is 1. The summed E-state index contributed by atoms with van der Waals surface area (Å²) in [7, 11) is 1.42. The van der Waals surface area contributed by atoms with E-state index in [4.69, 9.17) is 15.7 Å². The summed E-state index contributed by atoms with van der Waals surface area (Å²) in [6, 6.07) is 3.53. The van der Waals surface area contributed by atoms with Gasteiger partial charge in [-0.15, -0.1) is 0 Å². The highest BCUT2D eigenvalue weighted by atomic mass is 19.4. The summed E-state index contributed by atoms with van der Waals surface area (Å²) >= 11 is 0. The number of nitrogens with one attached hydrogen (secondary N) is 1. The fraction of sp³-hybridized carbons (Fsp3) is 0.385. The molecule has 0 spiro atoms. The number of hydrogen-bond donors (Lipinski definition) is 2. The molecule has 0 fully saturated rings. The molecule has 1 unspecified atom stereocenters. The standard InChI is InChI=1S/C13H14F3N3O2/c1-21-5-4-10(18)12(20)19-11-3-2-8(7-17)6-9(11)13(14,15)16/h2-3,6,10H,4-5,18H2,1H3,(H,19,20). The van der Waals surface area contributed by atoms with Crippen LogP contribution in [0, 0.1) is 11.3 Å². The Morgan fingerprint density at radius 2 is 2.19 bits per heavy atom. The molecule has 1 aromatic rings. The molecule has 0 saturated carbocycles. The van der Waals surface area contributed by atoms with E-state index in [1.807, 2.05) is 0 Å². The van der Waals surface area contributed by atoms with E-state index in [0.29, 0.717) is 6.07 Å². The number of anilines is 1. The number of halogens is 3. The van der Waals surface area contributed by atoms with Crippen LogP contribution in [0.3, 0.4) is 0 Å². The van der Waals surface area contributed by atoms with Crippen LogP contribution in [0.2, 0.25) is 0 Å². The van der Waals surface area contributed by atoms with Crippen molar-refractivity contribution >= 4 is 11.6 Å². The van der Waals surface area contributed by atoms with Gasteiger partial charge in [-0.1, -0.05) is 0 Å². The van der Waals surface area contributed by atoms with Crippen LogP contribution in [0.4, 0.5) is 18.9 Å². The lowest BCUT2D eigenvalue weighted by molar-refractivity contribution is -0.137. The van der Waals surface area contributed by atoms with E-state index >= 15 is 0 Å². The van der Waals surface area contributed by atoms with Gasteiger partial charge < -0.3 is 15.8 Å². The maximum Gasteiger partial charge on any atom is 0.418 e. The number of alkyl halides is 3. The smallest absolute Gasteiger partial charge is 0.385 e. The van der Waals surface area contributed by atoms with Gasteiger partial charge in [-0.25, -0.2) is 0 Å². The largest absolute Gasteiger partial charge is 0.418 e. The zero-order chi connectivity index (χ0) is 16.0. The van der Waals surface area contributed by atoms with Crippen molar-refractivity contribution in [3.8, 4) is 6.07 Å². The van der Waals surface area contributed by atoms with Gasteiger partial charge in [0.1, 0.15) is 0 Å². The molecule has 1 amide bonds. The molecule has 114 valence electrons. The van der Waals surface area contributed by atoms with Crippen molar-refractivity contribution in [1.29, 1.82) is 5.26 Å². The first-order valence-electron chi connectivity index (χ1n) is 5.96. The Bertz CT molecular complexity index is 553. The van der Waals surface area contributed by atoms with Gasteiger partial charge in [0.25, 0.3) is 0 Å². The molecule has 0 bridgehead atoms. The Balaban J connectivity index is 2.98. The first kappa shape index (κ1) is 16.9. The fourth-order valence-electron chi connectivity index (χ4n) is 1.56. The van der Waals surface area contributed by atoms with Gasteiger partial charge in [-0.3, -0.25) is 4.79 Å². The zero-order valence-electron chi connectivity index (χ0n) is 11.2. The summed E-state index contributed by atoms with van der Waals surface area (Å²) in [5, 5.41) is 10.8. The third-order valence-corrected chi connectivity index (χ3v) is 2.68. The third kappa shape index (κ3) is 4.73. The van der Waals surface area contributed by atoms with Crippen LogP contribution in [0.25, 0.3) is 0 Å². The van der Waals surface area contributed by atoms with Crippen LogP contribution < -0.4 is 11.1 Å². The Kier molecular flexibility index (Phi) is 5.69. The summed E-state index contributed by atoms with van der Waals surface area (Å²) in [6.45, 7) is 0.216. The minimum absolute atomic E-state index is 0.149. The van der Waals surface area contributed by atoms with Crippen LogP contribution in [0.15, 0.2) is 18.2 Å². The fourth-order valence-corrected chi connectivity index (χ4v) is 1.56. The molecule has 0 aliphatic heterocycles. The Labute approximate surface area is 119 Å². The quantitative estimate of drug-likeness (QED) is 0.869. The van der Waals surface area contributed by atoms with Crippen molar-refractivity contribution < 1.29 is 22.7 Å². The van der Waals surface area contributed by atoms with Crippen molar-refractivity contribution in [3.63, 3.8) is 0 Å². The zero-order valence-corrected chi connectivity index (χ0v) is 11.2. The van der Waals surface area contributed by atoms with Gasteiger partial charge in [0, 0.05) is 13.7 Å². The average molecular weight is 301 g/mol. The lowest BCUT2D eigenvalue weighted by atomic mass is 10.1. The predicted octanol–water partition coefficient (Wildman–Crippen LogP) is 1.88. The summed E-state index contributed by atoms with van der Waals surface area (Å²) < 4.78 is 43.5. The Hall–Kier alpha value is -2.11. The monoisotopic (exact) mass is 301 g/mol. The van der Waals surface area contributed by atoms with Crippen molar-refractivity contribution in [1.82, 2.24) is 0 Å². The number of benzene rings is 1. The van der Waals surface area contributed by atoms with Gasteiger partial charge >= 0.3 is 6.18 Å². The lowest BCUT2D eigenvalue weighted by Gasteiger charge is -2.16. The first-order valence-corrected chi connectivity index (χ1v) is 5.96. The molecule has 3 N–H and O–H groups in total. The molecule has 5 nitrogen and oxygen atoms in total. The SMILES string of the molecule is COCCC(N)C(=O)Nc1ccc(C#N)cc1C(F)(F)F. The normalized spacial score (nSPS) is 12.6. The molecule has 1 aromatic carbocycles. The molecule has 0 saturated heterocycles. The molecule has 1 atom stereocenters. The van der Waals surface area contributed by atoms with Crippen molar-refractivity contribution in [2.45, 2.75) is 18.6 Å². The number of ether oxygens (including phenoxy) is 1. The summed E-state index contributed by atoms with van der Waals surface area (Å²) in [5.41, 5.74) is 3.87. The summed E-state index contributed by atoms with van der Waals surface area (Å²) in [4.78, 5) is 11.7.